The van der Waals surface area contributed by atoms with Crippen molar-refractivity contribution < 1.29 is 8.28 Å². The number of hydrogen-bond donors (Lipinski definition) is 0. The Morgan fingerprint density at radius 3 is 2.30 bits per heavy atom. The topological polar surface area (TPSA) is 0 Å². The van der Waals surface area contributed by atoms with Crippen LogP contribution in [0, 0.1) is 5.82 Å². The van der Waals surface area contributed by atoms with Crippen molar-refractivity contribution in [3.63, 3.8) is 0 Å². The first-order valence-electron chi connectivity index (χ1n) is 9.57. The van der Waals surface area contributed by atoms with Crippen molar-refractivity contribution >= 4 is 20.0 Å². The van der Waals surface area contributed by atoms with Crippen molar-refractivity contribution in [2.75, 3.05) is 0 Å². The molecule has 2 radical (unpaired) electrons. The summed E-state index contributed by atoms with van der Waals surface area (Å²) < 4.78 is 27.6. The lowest BCUT2D eigenvalue weighted by molar-refractivity contribution is 0.571. The van der Waals surface area contributed by atoms with Crippen LogP contribution in [0.3, 0.4) is 0 Å². The summed E-state index contributed by atoms with van der Waals surface area (Å²) in [4.78, 5) is 0.535. The maximum atomic E-state index is 14.9. The molecule has 2 aromatic carbocycles. The number of rotatable bonds is 11. The quantitative estimate of drug-likeness (QED) is 0.221. The largest absolute Gasteiger partial charge is 0.207 e. The predicted molar refractivity (Wildman–Crippen MR) is 114 cm³/mol. The molecule has 0 nitrogen and oxygen atoms in total. The summed E-state index contributed by atoms with van der Waals surface area (Å²) >= 11 is 0.204. The molecule has 0 heterocycles. The molecule has 1 atom stereocenters. The fraction of sp³-hybridized carbons (Fsp3) is 0.391. The van der Waals surface area contributed by atoms with E-state index in [1.54, 1.807) is 24.3 Å². The van der Waals surface area contributed by atoms with Crippen LogP contribution in [0.1, 0.15) is 55.7 Å². The van der Waals surface area contributed by atoms with E-state index in [2.05, 4.69) is 6.58 Å². The Morgan fingerprint density at radius 2 is 1.70 bits per heavy atom. The van der Waals surface area contributed by atoms with E-state index in [1.807, 2.05) is 31.2 Å². The van der Waals surface area contributed by atoms with Gasteiger partial charge in [-0.2, -0.15) is 3.89 Å². The van der Waals surface area contributed by atoms with Gasteiger partial charge in [0.1, 0.15) is 5.82 Å². The molecule has 142 valence electrons. The average molecular weight is 384 g/mol. The Hall–Kier alpha value is -1.55. The van der Waals surface area contributed by atoms with Gasteiger partial charge in [-0.3, -0.25) is 0 Å². The lowest BCUT2D eigenvalue weighted by Crippen LogP contribution is -2.22. The molecule has 0 aliphatic rings. The maximum absolute atomic E-state index is 14.9. The van der Waals surface area contributed by atoms with Crippen LogP contribution in [0.15, 0.2) is 60.0 Å². The number of unbranched alkanes of at least 4 members (excludes halogenated alkanes) is 4. The van der Waals surface area contributed by atoms with Crippen LogP contribution in [0.2, 0.25) is 6.32 Å². The molecular formula is C23H27BF2S. The summed E-state index contributed by atoms with van der Waals surface area (Å²) in [6.45, 7) is 5.86. The fourth-order valence-electron chi connectivity index (χ4n) is 3.37. The second kappa shape index (κ2) is 10.7. The predicted octanol–water partition coefficient (Wildman–Crippen LogP) is 7.37. The fourth-order valence-corrected chi connectivity index (χ4v) is 3.61. The van der Waals surface area contributed by atoms with Crippen LogP contribution >= 0.6 is 12.1 Å². The highest BCUT2D eigenvalue weighted by Gasteiger charge is 2.28. The van der Waals surface area contributed by atoms with Crippen molar-refractivity contribution in [1.82, 2.24) is 0 Å². The van der Waals surface area contributed by atoms with Gasteiger partial charge in [0.25, 0.3) is 0 Å². The second-order valence-electron chi connectivity index (χ2n) is 7.13. The molecular weight excluding hydrogens is 357 g/mol. The van der Waals surface area contributed by atoms with Crippen molar-refractivity contribution in [2.24, 2.45) is 0 Å². The number of hydrogen-bond acceptors (Lipinski definition) is 1. The minimum Gasteiger partial charge on any atom is -0.207 e. The highest BCUT2D eigenvalue weighted by Crippen LogP contribution is 2.36. The minimum atomic E-state index is -0.662. The third-order valence-corrected chi connectivity index (χ3v) is 5.66. The smallest absolute Gasteiger partial charge is 0.127 e. The Balaban J connectivity index is 2.10. The summed E-state index contributed by atoms with van der Waals surface area (Å²) in [6.07, 6.45) is 9.02. The van der Waals surface area contributed by atoms with E-state index in [0.29, 0.717) is 10.5 Å². The van der Waals surface area contributed by atoms with E-state index < -0.39 is 5.41 Å². The van der Waals surface area contributed by atoms with Crippen LogP contribution in [-0.2, 0) is 11.8 Å². The summed E-state index contributed by atoms with van der Waals surface area (Å²) in [5, 5.41) is 0. The first-order valence-corrected chi connectivity index (χ1v) is 10.3. The molecule has 2 rings (SSSR count). The zero-order chi connectivity index (χ0) is 19.7. The van der Waals surface area contributed by atoms with Crippen LogP contribution in [0.5, 0.6) is 0 Å². The van der Waals surface area contributed by atoms with Gasteiger partial charge in [0.15, 0.2) is 0 Å². The lowest BCUT2D eigenvalue weighted by Gasteiger charge is -2.28. The normalized spacial score (nSPS) is 13.3. The Morgan fingerprint density at radius 1 is 1.04 bits per heavy atom. The number of aryl methyl sites for hydroxylation is 1. The molecule has 0 bridgehead atoms. The molecule has 2 aromatic rings. The number of benzene rings is 2. The van der Waals surface area contributed by atoms with E-state index >= 15 is 0 Å². The maximum Gasteiger partial charge on any atom is 0.127 e. The summed E-state index contributed by atoms with van der Waals surface area (Å²) in [6, 6.07) is 12.6. The van der Waals surface area contributed by atoms with Crippen LogP contribution in [-0.4, -0.2) is 7.85 Å². The van der Waals surface area contributed by atoms with Crippen molar-refractivity contribution in [3.8, 4) is 0 Å². The van der Waals surface area contributed by atoms with Crippen molar-refractivity contribution in [2.45, 2.75) is 62.1 Å². The molecule has 4 heteroatoms. The summed E-state index contributed by atoms with van der Waals surface area (Å²) in [5.74, 6) is -0.220. The average Bonchev–Trinajstić information content (AvgIpc) is 2.70. The SMILES string of the molecule is [B]CCCCCCCc1ccc(C(C)(C=C)c2ccc(SF)cc2)c(F)c1. The highest BCUT2D eigenvalue weighted by atomic mass is 32.2. The van der Waals surface area contributed by atoms with Gasteiger partial charge in [-0.15, -0.1) is 6.58 Å². The molecule has 0 saturated carbocycles. The van der Waals surface area contributed by atoms with Gasteiger partial charge in [0, 0.05) is 15.9 Å². The van der Waals surface area contributed by atoms with Crippen molar-refractivity contribution in [3.05, 3.63) is 77.6 Å². The standard InChI is InChI=1S/C23H27BF2S/c1-3-23(2,19-11-13-20(27-26)14-12-19)21-15-10-18(17-22(21)25)9-7-5-4-6-8-16-24/h3,10-15,17H,1,4-9,16H2,2H3. The molecule has 0 amide bonds. The first kappa shape index (κ1) is 21.8. The molecule has 1 unspecified atom stereocenters. The number of halogens is 2. The molecule has 0 N–H and O–H groups in total. The molecule has 0 aromatic heterocycles. The third-order valence-electron chi connectivity index (χ3n) is 5.21. The Kier molecular flexibility index (Phi) is 8.62. The van der Waals surface area contributed by atoms with Gasteiger partial charge in [-0.1, -0.05) is 62.3 Å². The molecule has 0 spiro atoms. The monoisotopic (exact) mass is 384 g/mol. The van der Waals surface area contributed by atoms with Crippen LogP contribution < -0.4 is 0 Å². The highest BCUT2D eigenvalue weighted by molar-refractivity contribution is 7.94. The van der Waals surface area contributed by atoms with E-state index in [9.17, 15) is 8.28 Å². The Labute approximate surface area is 168 Å². The van der Waals surface area contributed by atoms with Gasteiger partial charge >= 0.3 is 0 Å². The van der Waals surface area contributed by atoms with Crippen molar-refractivity contribution in [1.29, 1.82) is 0 Å². The summed E-state index contributed by atoms with van der Waals surface area (Å²) in [5.41, 5.74) is 1.84. The molecule has 0 aliphatic carbocycles. The molecule has 0 saturated heterocycles. The van der Waals surface area contributed by atoms with Crippen LogP contribution in [0.25, 0.3) is 0 Å². The minimum absolute atomic E-state index is 0.204. The van der Waals surface area contributed by atoms with E-state index in [4.69, 9.17) is 7.85 Å². The van der Waals surface area contributed by atoms with Gasteiger partial charge in [-0.25, -0.2) is 4.39 Å². The molecule has 0 fully saturated rings. The lowest BCUT2D eigenvalue weighted by atomic mass is 9.76. The van der Waals surface area contributed by atoms with Gasteiger partial charge < -0.3 is 0 Å². The zero-order valence-corrected chi connectivity index (χ0v) is 16.8. The second-order valence-corrected chi connectivity index (χ2v) is 7.75. The van der Waals surface area contributed by atoms with E-state index in [0.717, 1.165) is 43.1 Å². The van der Waals surface area contributed by atoms with Gasteiger partial charge in [0.05, 0.1) is 20.0 Å². The third kappa shape index (κ3) is 5.71. The summed E-state index contributed by atoms with van der Waals surface area (Å²) in [7, 11) is 5.50. The van der Waals surface area contributed by atoms with E-state index in [1.165, 1.54) is 12.8 Å². The zero-order valence-electron chi connectivity index (χ0n) is 16.0. The van der Waals surface area contributed by atoms with Gasteiger partial charge in [-0.05, 0) is 49.1 Å². The molecule has 27 heavy (non-hydrogen) atoms. The Bertz CT molecular complexity index is 730. The number of allylic oxidation sites excluding steroid dienone is 1. The van der Waals surface area contributed by atoms with E-state index in [-0.39, 0.29) is 18.0 Å². The van der Waals surface area contributed by atoms with Crippen LogP contribution in [0.4, 0.5) is 8.28 Å². The van der Waals surface area contributed by atoms with Gasteiger partial charge in [0.2, 0.25) is 0 Å². The first-order chi connectivity index (χ1) is 13.0. The molecule has 0 aliphatic heterocycles.